The number of anilines is 1. The number of halogens is 1. The molecular formula is C16H19BrN4. The maximum absolute atomic E-state index is 4.76. The summed E-state index contributed by atoms with van der Waals surface area (Å²) in [7, 11) is 0. The van der Waals surface area contributed by atoms with E-state index in [4.69, 9.17) is 4.98 Å². The van der Waals surface area contributed by atoms with Gasteiger partial charge in [-0.25, -0.2) is 9.97 Å². The molecular weight excluding hydrogens is 328 g/mol. The third kappa shape index (κ3) is 2.79. The fourth-order valence-corrected chi connectivity index (χ4v) is 3.38. The Morgan fingerprint density at radius 3 is 2.81 bits per heavy atom. The summed E-state index contributed by atoms with van der Waals surface area (Å²) in [5, 5.41) is 3.58. The van der Waals surface area contributed by atoms with Crippen molar-refractivity contribution in [2.75, 3.05) is 5.32 Å². The van der Waals surface area contributed by atoms with E-state index in [0.29, 0.717) is 6.04 Å². The van der Waals surface area contributed by atoms with E-state index in [0.717, 1.165) is 47.5 Å². The molecule has 3 rings (SSSR count). The monoisotopic (exact) mass is 346 g/mol. The van der Waals surface area contributed by atoms with Crippen LogP contribution in [0.5, 0.6) is 0 Å². The molecule has 0 radical (unpaired) electrons. The summed E-state index contributed by atoms with van der Waals surface area (Å²) < 4.78 is 0.862. The van der Waals surface area contributed by atoms with Crippen LogP contribution in [0.1, 0.15) is 49.0 Å². The number of rotatable bonds is 4. The van der Waals surface area contributed by atoms with Crippen LogP contribution in [-0.4, -0.2) is 15.0 Å². The van der Waals surface area contributed by atoms with E-state index in [1.54, 1.807) is 0 Å². The average molecular weight is 347 g/mol. The molecule has 1 unspecified atom stereocenters. The first-order chi connectivity index (χ1) is 10.2. The molecule has 0 saturated heterocycles. The smallest absolute Gasteiger partial charge is 0.148 e. The number of pyridine rings is 1. The fourth-order valence-electron chi connectivity index (χ4n) is 2.80. The van der Waals surface area contributed by atoms with Gasteiger partial charge in [-0.15, -0.1) is 0 Å². The first kappa shape index (κ1) is 14.4. The summed E-state index contributed by atoms with van der Waals surface area (Å²) >= 11 is 3.51. The highest BCUT2D eigenvalue weighted by Crippen LogP contribution is 2.33. The number of hydrogen-bond donors (Lipinski definition) is 1. The van der Waals surface area contributed by atoms with Crippen molar-refractivity contribution in [1.29, 1.82) is 0 Å². The quantitative estimate of drug-likeness (QED) is 0.913. The third-order valence-corrected chi connectivity index (χ3v) is 4.58. The zero-order valence-corrected chi connectivity index (χ0v) is 13.9. The van der Waals surface area contributed by atoms with Crippen LogP contribution in [0.4, 0.5) is 5.82 Å². The largest absolute Gasteiger partial charge is 0.362 e. The molecule has 0 saturated carbocycles. The third-order valence-electron chi connectivity index (χ3n) is 3.94. The number of fused-ring (bicyclic) bond motifs is 1. The van der Waals surface area contributed by atoms with Crippen molar-refractivity contribution >= 4 is 21.7 Å². The lowest BCUT2D eigenvalue weighted by molar-refractivity contribution is 0.747. The lowest BCUT2D eigenvalue weighted by atomic mass is 10.1. The lowest BCUT2D eigenvalue weighted by Crippen LogP contribution is -2.13. The normalized spacial score (nSPS) is 16.8. The topological polar surface area (TPSA) is 50.7 Å². The fraction of sp³-hybridized carbons (Fsp3) is 0.438. The molecule has 1 aliphatic rings. The molecule has 110 valence electrons. The van der Waals surface area contributed by atoms with Crippen LogP contribution in [-0.2, 0) is 19.3 Å². The average Bonchev–Trinajstić information content (AvgIpc) is 2.92. The van der Waals surface area contributed by atoms with Gasteiger partial charge < -0.3 is 5.32 Å². The minimum atomic E-state index is 0.291. The second kappa shape index (κ2) is 6.10. The molecule has 0 bridgehead atoms. The van der Waals surface area contributed by atoms with Crippen LogP contribution in [0.25, 0.3) is 0 Å². The Morgan fingerprint density at radius 2 is 2.05 bits per heavy atom. The highest BCUT2D eigenvalue weighted by Gasteiger charge is 2.24. The molecule has 1 N–H and O–H groups in total. The summed E-state index contributed by atoms with van der Waals surface area (Å²) in [6.07, 6.45) is 5.70. The maximum atomic E-state index is 4.76. The molecule has 2 aromatic rings. The molecule has 2 aromatic heterocycles. The van der Waals surface area contributed by atoms with Gasteiger partial charge in [-0.05, 0) is 53.2 Å². The van der Waals surface area contributed by atoms with Crippen LogP contribution >= 0.6 is 15.9 Å². The summed E-state index contributed by atoms with van der Waals surface area (Å²) in [4.78, 5) is 13.9. The van der Waals surface area contributed by atoms with Crippen molar-refractivity contribution in [3.8, 4) is 0 Å². The van der Waals surface area contributed by atoms with Gasteiger partial charge in [0.1, 0.15) is 10.4 Å². The zero-order valence-electron chi connectivity index (χ0n) is 12.4. The van der Waals surface area contributed by atoms with Gasteiger partial charge in [0, 0.05) is 11.9 Å². The van der Waals surface area contributed by atoms with Gasteiger partial charge >= 0.3 is 0 Å². The SMILES string of the molecule is CCc1nc(NC2CCc3ncccc32)c(CC)nc1Br. The summed E-state index contributed by atoms with van der Waals surface area (Å²) in [5.41, 5.74) is 4.51. The van der Waals surface area contributed by atoms with Crippen LogP contribution < -0.4 is 5.32 Å². The Balaban J connectivity index is 1.92. The molecule has 21 heavy (non-hydrogen) atoms. The van der Waals surface area contributed by atoms with Crippen LogP contribution in [0.2, 0.25) is 0 Å². The second-order valence-corrected chi connectivity index (χ2v) is 5.99. The molecule has 0 fully saturated rings. The van der Waals surface area contributed by atoms with Gasteiger partial charge in [0.25, 0.3) is 0 Å². The molecule has 1 aliphatic carbocycles. The van der Waals surface area contributed by atoms with Crippen molar-refractivity contribution in [2.24, 2.45) is 0 Å². The first-order valence-electron chi connectivity index (χ1n) is 7.48. The highest BCUT2D eigenvalue weighted by molar-refractivity contribution is 9.10. The van der Waals surface area contributed by atoms with Crippen molar-refractivity contribution in [3.05, 3.63) is 45.6 Å². The van der Waals surface area contributed by atoms with Crippen molar-refractivity contribution in [2.45, 2.75) is 45.6 Å². The molecule has 1 atom stereocenters. The Bertz CT molecular complexity index is 657. The second-order valence-electron chi connectivity index (χ2n) is 5.24. The van der Waals surface area contributed by atoms with Gasteiger partial charge in [-0.1, -0.05) is 19.9 Å². The Kier molecular flexibility index (Phi) is 4.19. The molecule has 4 nitrogen and oxygen atoms in total. The van der Waals surface area contributed by atoms with Crippen molar-refractivity contribution in [1.82, 2.24) is 15.0 Å². The van der Waals surface area contributed by atoms with E-state index < -0.39 is 0 Å². The number of nitrogens with zero attached hydrogens (tertiary/aromatic N) is 3. The van der Waals surface area contributed by atoms with E-state index in [1.807, 2.05) is 12.3 Å². The molecule has 5 heteroatoms. The minimum absolute atomic E-state index is 0.291. The van der Waals surface area contributed by atoms with E-state index in [2.05, 4.69) is 51.1 Å². The molecule has 0 aromatic carbocycles. The Morgan fingerprint density at radius 1 is 1.24 bits per heavy atom. The summed E-state index contributed by atoms with van der Waals surface area (Å²) in [6.45, 7) is 4.20. The predicted molar refractivity (Wildman–Crippen MR) is 87.4 cm³/mol. The number of aryl methyl sites for hydroxylation is 3. The zero-order chi connectivity index (χ0) is 14.8. The lowest BCUT2D eigenvalue weighted by Gasteiger charge is -2.17. The Hall–Kier alpha value is -1.49. The van der Waals surface area contributed by atoms with Gasteiger partial charge in [-0.3, -0.25) is 4.98 Å². The van der Waals surface area contributed by atoms with E-state index in [-0.39, 0.29) is 0 Å². The number of hydrogen-bond acceptors (Lipinski definition) is 4. The summed E-state index contributed by atoms with van der Waals surface area (Å²) in [6, 6.07) is 4.45. The van der Waals surface area contributed by atoms with Crippen LogP contribution in [0, 0.1) is 0 Å². The minimum Gasteiger partial charge on any atom is -0.362 e. The first-order valence-corrected chi connectivity index (χ1v) is 8.27. The Labute approximate surface area is 133 Å². The summed E-state index contributed by atoms with van der Waals surface area (Å²) in [5.74, 6) is 0.916. The van der Waals surface area contributed by atoms with E-state index in [1.165, 1.54) is 11.3 Å². The van der Waals surface area contributed by atoms with Gasteiger partial charge in [0.2, 0.25) is 0 Å². The van der Waals surface area contributed by atoms with Crippen LogP contribution in [0.3, 0.4) is 0 Å². The number of nitrogens with one attached hydrogen (secondary N) is 1. The van der Waals surface area contributed by atoms with Gasteiger partial charge in [0.05, 0.1) is 17.4 Å². The molecule has 0 aliphatic heterocycles. The van der Waals surface area contributed by atoms with Gasteiger partial charge in [-0.2, -0.15) is 0 Å². The van der Waals surface area contributed by atoms with Crippen molar-refractivity contribution in [3.63, 3.8) is 0 Å². The van der Waals surface area contributed by atoms with E-state index in [9.17, 15) is 0 Å². The van der Waals surface area contributed by atoms with E-state index >= 15 is 0 Å². The molecule has 0 spiro atoms. The standard InChI is InChI=1S/C16H19BrN4/c1-3-11-15(17)19-12(4-2)16(20-11)21-14-8-7-13-10(14)6-5-9-18-13/h5-6,9,14H,3-4,7-8H2,1-2H3,(H,20,21). The highest BCUT2D eigenvalue weighted by atomic mass is 79.9. The molecule has 0 amide bonds. The molecule has 2 heterocycles. The van der Waals surface area contributed by atoms with Crippen LogP contribution in [0.15, 0.2) is 22.9 Å². The maximum Gasteiger partial charge on any atom is 0.148 e. The van der Waals surface area contributed by atoms with Crippen molar-refractivity contribution < 1.29 is 0 Å². The number of aromatic nitrogens is 3. The van der Waals surface area contributed by atoms with Gasteiger partial charge in [0.15, 0.2) is 0 Å². The predicted octanol–water partition coefficient (Wildman–Crippen LogP) is 3.86.